The lowest BCUT2D eigenvalue weighted by molar-refractivity contribution is 0.0717. The monoisotopic (exact) mass is 228 g/mol. The maximum Gasteiger partial charge on any atom is 0.0587 e. The van der Waals surface area contributed by atoms with Crippen molar-refractivity contribution in [2.45, 2.75) is 45.6 Å². The van der Waals surface area contributed by atoms with Crippen molar-refractivity contribution in [3.8, 4) is 0 Å². The van der Waals surface area contributed by atoms with Gasteiger partial charge >= 0.3 is 0 Å². The zero-order chi connectivity index (χ0) is 12.2. The first-order chi connectivity index (χ1) is 7.46. The highest BCUT2D eigenvalue weighted by atomic mass is 16.5. The molecule has 0 aromatic heterocycles. The van der Waals surface area contributed by atoms with Crippen LogP contribution in [0.25, 0.3) is 0 Å². The first kappa shape index (κ1) is 13.9. The van der Waals surface area contributed by atoms with E-state index in [-0.39, 0.29) is 5.54 Å². The van der Waals surface area contributed by atoms with Gasteiger partial charge in [-0.05, 0) is 30.6 Å². The fourth-order valence-corrected chi connectivity index (χ4v) is 2.97. The van der Waals surface area contributed by atoms with E-state index < -0.39 is 0 Å². The number of nitrogens with one attached hydrogen (secondary N) is 1. The van der Waals surface area contributed by atoms with E-state index in [1.807, 2.05) is 0 Å². The molecule has 0 aromatic carbocycles. The molecule has 1 rings (SSSR count). The molecule has 0 aliphatic heterocycles. The average molecular weight is 228 g/mol. The van der Waals surface area contributed by atoms with Crippen LogP contribution in [0.5, 0.6) is 0 Å². The summed E-state index contributed by atoms with van der Waals surface area (Å²) in [5, 5.41) is 3.62. The Balaban J connectivity index is 2.58. The van der Waals surface area contributed by atoms with Crippen LogP contribution in [0.15, 0.2) is 0 Å². The van der Waals surface area contributed by atoms with Gasteiger partial charge in [0, 0.05) is 25.7 Å². The second-order valence-corrected chi connectivity index (χ2v) is 6.05. The molecular formula is C13H28N2O. The molecule has 1 saturated carbocycles. The van der Waals surface area contributed by atoms with Gasteiger partial charge in [-0.2, -0.15) is 0 Å². The quantitative estimate of drug-likeness (QED) is 0.705. The second kappa shape index (κ2) is 5.48. The van der Waals surface area contributed by atoms with Crippen LogP contribution >= 0.6 is 0 Å². The van der Waals surface area contributed by atoms with E-state index in [9.17, 15) is 0 Å². The molecular weight excluding hydrogens is 200 g/mol. The summed E-state index contributed by atoms with van der Waals surface area (Å²) in [6.07, 6.45) is 3.69. The molecule has 3 nitrogen and oxygen atoms in total. The summed E-state index contributed by atoms with van der Waals surface area (Å²) in [7, 11) is 1.74. The molecule has 0 radical (unpaired) electrons. The third kappa shape index (κ3) is 3.19. The minimum Gasteiger partial charge on any atom is -0.383 e. The fourth-order valence-electron chi connectivity index (χ4n) is 2.97. The first-order valence-electron chi connectivity index (χ1n) is 6.40. The van der Waals surface area contributed by atoms with Crippen LogP contribution in [-0.2, 0) is 4.74 Å². The highest BCUT2D eigenvalue weighted by Gasteiger charge is 2.42. The van der Waals surface area contributed by atoms with Crippen molar-refractivity contribution in [1.82, 2.24) is 5.32 Å². The van der Waals surface area contributed by atoms with E-state index in [4.69, 9.17) is 10.5 Å². The Morgan fingerprint density at radius 1 is 1.38 bits per heavy atom. The summed E-state index contributed by atoms with van der Waals surface area (Å²) in [6.45, 7) is 9.44. The molecule has 2 atom stereocenters. The van der Waals surface area contributed by atoms with Crippen molar-refractivity contribution in [2.75, 3.05) is 26.8 Å². The van der Waals surface area contributed by atoms with Gasteiger partial charge in [-0.25, -0.2) is 0 Å². The van der Waals surface area contributed by atoms with Gasteiger partial charge in [-0.3, -0.25) is 0 Å². The largest absolute Gasteiger partial charge is 0.383 e. The number of ether oxygens (including phenoxy) is 1. The zero-order valence-corrected chi connectivity index (χ0v) is 11.3. The van der Waals surface area contributed by atoms with Gasteiger partial charge < -0.3 is 15.8 Å². The molecule has 2 unspecified atom stereocenters. The van der Waals surface area contributed by atoms with Crippen LogP contribution < -0.4 is 11.1 Å². The van der Waals surface area contributed by atoms with Crippen LogP contribution in [0.2, 0.25) is 0 Å². The lowest BCUT2D eigenvalue weighted by atomic mass is 9.64. The van der Waals surface area contributed by atoms with Crippen LogP contribution in [0.4, 0.5) is 0 Å². The molecule has 0 heterocycles. The van der Waals surface area contributed by atoms with E-state index in [2.05, 4.69) is 26.1 Å². The predicted octanol–water partition coefficient (Wildman–Crippen LogP) is 1.77. The van der Waals surface area contributed by atoms with E-state index in [0.29, 0.717) is 11.3 Å². The van der Waals surface area contributed by atoms with Crippen LogP contribution in [0.3, 0.4) is 0 Å². The number of nitrogens with two attached hydrogens (primary N) is 1. The van der Waals surface area contributed by atoms with E-state index >= 15 is 0 Å². The molecule has 0 spiro atoms. The Morgan fingerprint density at radius 2 is 2.06 bits per heavy atom. The van der Waals surface area contributed by atoms with Crippen LogP contribution in [0, 0.1) is 11.3 Å². The Kier molecular flexibility index (Phi) is 4.77. The second-order valence-electron chi connectivity index (χ2n) is 6.05. The summed E-state index contributed by atoms with van der Waals surface area (Å²) in [5.74, 6) is 0.637. The van der Waals surface area contributed by atoms with Crippen molar-refractivity contribution in [3.05, 3.63) is 0 Å². The SMILES string of the molecule is COCCNC1(CN)CCC(C)(C)CC1C. The third-order valence-electron chi connectivity index (χ3n) is 4.20. The molecule has 16 heavy (non-hydrogen) atoms. The van der Waals surface area contributed by atoms with Crippen molar-refractivity contribution in [2.24, 2.45) is 17.1 Å². The smallest absolute Gasteiger partial charge is 0.0587 e. The zero-order valence-electron chi connectivity index (χ0n) is 11.3. The van der Waals surface area contributed by atoms with Gasteiger partial charge in [0.15, 0.2) is 0 Å². The molecule has 3 N–H and O–H groups in total. The maximum absolute atomic E-state index is 6.00. The molecule has 96 valence electrons. The number of hydrogen-bond acceptors (Lipinski definition) is 3. The fraction of sp³-hybridized carbons (Fsp3) is 1.00. The van der Waals surface area contributed by atoms with Gasteiger partial charge in [-0.1, -0.05) is 20.8 Å². The topological polar surface area (TPSA) is 47.3 Å². The maximum atomic E-state index is 6.00. The Morgan fingerprint density at radius 3 is 2.56 bits per heavy atom. The number of hydrogen-bond donors (Lipinski definition) is 2. The summed E-state index contributed by atoms with van der Waals surface area (Å²) >= 11 is 0. The summed E-state index contributed by atoms with van der Waals surface area (Å²) < 4.78 is 5.10. The van der Waals surface area contributed by atoms with Crippen LogP contribution in [-0.4, -0.2) is 32.3 Å². The Hall–Kier alpha value is -0.120. The molecule has 0 amide bonds. The summed E-state index contributed by atoms with van der Waals surface area (Å²) in [6, 6.07) is 0. The minimum atomic E-state index is 0.133. The van der Waals surface area contributed by atoms with E-state index in [0.717, 1.165) is 19.7 Å². The highest BCUT2D eigenvalue weighted by molar-refractivity contribution is 5.00. The first-order valence-corrected chi connectivity index (χ1v) is 6.40. The molecule has 3 heteroatoms. The van der Waals surface area contributed by atoms with Gasteiger partial charge in [-0.15, -0.1) is 0 Å². The minimum absolute atomic E-state index is 0.133. The van der Waals surface area contributed by atoms with Gasteiger partial charge in [0.25, 0.3) is 0 Å². The highest BCUT2D eigenvalue weighted by Crippen LogP contribution is 2.43. The molecule has 1 aliphatic rings. The molecule has 1 fully saturated rings. The van der Waals surface area contributed by atoms with Gasteiger partial charge in [0.05, 0.1) is 6.61 Å². The average Bonchev–Trinajstić information content (AvgIpc) is 2.21. The van der Waals surface area contributed by atoms with Gasteiger partial charge in [0.2, 0.25) is 0 Å². The molecule has 1 aliphatic carbocycles. The van der Waals surface area contributed by atoms with E-state index in [1.54, 1.807) is 7.11 Å². The van der Waals surface area contributed by atoms with Crippen molar-refractivity contribution in [3.63, 3.8) is 0 Å². The van der Waals surface area contributed by atoms with Crippen molar-refractivity contribution >= 4 is 0 Å². The van der Waals surface area contributed by atoms with Crippen LogP contribution in [0.1, 0.15) is 40.0 Å². The lowest BCUT2D eigenvalue weighted by Crippen LogP contribution is -2.59. The molecule has 0 aromatic rings. The Labute approximate surface area is 100 Å². The molecule has 0 bridgehead atoms. The van der Waals surface area contributed by atoms with Crippen molar-refractivity contribution in [1.29, 1.82) is 0 Å². The Bertz CT molecular complexity index is 218. The predicted molar refractivity (Wildman–Crippen MR) is 68.5 cm³/mol. The standard InChI is InChI=1S/C13H28N2O/c1-11-9-12(2,3)5-6-13(11,10-14)15-7-8-16-4/h11,15H,5-10,14H2,1-4H3. The normalized spacial score (nSPS) is 33.9. The number of rotatable bonds is 5. The third-order valence-corrected chi connectivity index (χ3v) is 4.20. The number of methoxy groups -OCH3 is 1. The summed E-state index contributed by atoms with van der Waals surface area (Å²) in [4.78, 5) is 0. The van der Waals surface area contributed by atoms with Crippen molar-refractivity contribution < 1.29 is 4.74 Å². The van der Waals surface area contributed by atoms with Gasteiger partial charge in [0.1, 0.15) is 0 Å². The summed E-state index contributed by atoms with van der Waals surface area (Å²) in [5.41, 5.74) is 6.60. The van der Waals surface area contributed by atoms with E-state index in [1.165, 1.54) is 19.3 Å². The lowest BCUT2D eigenvalue weighted by Gasteiger charge is -2.48. The molecule has 0 saturated heterocycles.